The Hall–Kier alpha value is -2.18. The summed E-state index contributed by atoms with van der Waals surface area (Å²) in [6.45, 7) is 2.81. The molecule has 2 rings (SSSR count). The van der Waals surface area contributed by atoms with E-state index in [-0.39, 0.29) is 5.69 Å². The zero-order valence-corrected chi connectivity index (χ0v) is 11.8. The van der Waals surface area contributed by atoms with Crippen molar-refractivity contribution in [2.24, 2.45) is 7.05 Å². The molecule has 0 bridgehead atoms. The molecule has 2 aromatic heterocycles. The molecule has 108 valence electrons. The minimum atomic E-state index is -1.08. The average Bonchev–Trinajstić information content (AvgIpc) is 3.00. The number of hydrogen-bond donors (Lipinski definition) is 1. The van der Waals surface area contributed by atoms with Crippen molar-refractivity contribution in [3.63, 3.8) is 0 Å². The van der Waals surface area contributed by atoms with Crippen LogP contribution in [0.4, 0.5) is 0 Å². The number of imidazole rings is 1. The second-order valence-electron chi connectivity index (χ2n) is 4.74. The largest absolute Gasteiger partial charge is 0.476 e. The number of nitrogens with zero attached hydrogens (tertiary/aromatic N) is 5. The fourth-order valence-electron chi connectivity index (χ4n) is 2.12. The van der Waals surface area contributed by atoms with E-state index in [0.717, 1.165) is 25.7 Å². The Bertz CT molecular complexity index is 587. The summed E-state index contributed by atoms with van der Waals surface area (Å²) in [6, 6.07) is 0. The van der Waals surface area contributed by atoms with Crippen LogP contribution in [0.1, 0.15) is 43.1 Å². The van der Waals surface area contributed by atoms with Crippen LogP contribution in [0.3, 0.4) is 0 Å². The van der Waals surface area contributed by atoms with Crippen LogP contribution in [0.2, 0.25) is 0 Å². The molecule has 0 unspecified atom stereocenters. The molecule has 0 fully saturated rings. The number of aromatic carboxylic acids is 1. The van der Waals surface area contributed by atoms with Gasteiger partial charge in [-0.05, 0) is 6.42 Å². The van der Waals surface area contributed by atoms with E-state index in [2.05, 4.69) is 22.2 Å². The number of aryl methyl sites for hydroxylation is 2. The third kappa shape index (κ3) is 2.87. The minimum absolute atomic E-state index is 0.0465. The van der Waals surface area contributed by atoms with Gasteiger partial charge in [-0.1, -0.05) is 31.4 Å². The normalized spacial score (nSPS) is 10.9. The standard InChI is InChI=1S/C13H19N5O2/c1-3-4-5-6-8-18-11(10(13(19)20)15-16-18)12-14-7-9-17(12)2/h7,9H,3-6,8H2,1-2H3,(H,19,20). The number of carbonyl (C=O) groups is 1. The summed E-state index contributed by atoms with van der Waals surface area (Å²) in [5.74, 6) is -0.509. The van der Waals surface area contributed by atoms with Gasteiger partial charge in [0.2, 0.25) is 5.69 Å². The van der Waals surface area contributed by atoms with Gasteiger partial charge in [0.05, 0.1) is 0 Å². The first-order valence-electron chi connectivity index (χ1n) is 6.79. The van der Waals surface area contributed by atoms with Gasteiger partial charge in [-0.2, -0.15) is 0 Å². The molecule has 0 radical (unpaired) electrons. The molecular weight excluding hydrogens is 258 g/mol. The molecule has 0 atom stereocenters. The van der Waals surface area contributed by atoms with Crippen LogP contribution in [-0.4, -0.2) is 35.6 Å². The zero-order chi connectivity index (χ0) is 14.5. The first-order chi connectivity index (χ1) is 9.65. The van der Waals surface area contributed by atoms with E-state index in [0.29, 0.717) is 18.1 Å². The van der Waals surface area contributed by atoms with Gasteiger partial charge in [-0.25, -0.2) is 14.5 Å². The maximum atomic E-state index is 11.3. The Labute approximate surface area is 117 Å². The van der Waals surface area contributed by atoms with Crippen LogP contribution in [0.15, 0.2) is 12.4 Å². The molecule has 0 spiro atoms. The monoisotopic (exact) mass is 277 g/mol. The van der Waals surface area contributed by atoms with Gasteiger partial charge in [0.25, 0.3) is 0 Å². The van der Waals surface area contributed by atoms with E-state index in [9.17, 15) is 9.90 Å². The first kappa shape index (κ1) is 14.2. The lowest BCUT2D eigenvalue weighted by atomic mass is 10.2. The van der Waals surface area contributed by atoms with Gasteiger partial charge in [-0.15, -0.1) is 5.10 Å². The lowest BCUT2D eigenvalue weighted by Gasteiger charge is -2.07. The van der Waals surface area contributed by atoms with E-state index in [1.807, 2.05) is 7.05 Å². The van der Waals surface area contributed by atoms with Crippen molar-refractivity contribution in [1.82, 2.24) is 24.5 Å². The number of aromatic nitrogens is 5. The molecule has 0 aromatic carbocycles. The molecule has 0 aliphatic carbocycles. The maximum Gasteiger partial charge on any atom is 0.358 e. The van der Waals surface area contributed by atoms with Gasteiger partial charge in [0, 0.05) is 26.0 Å². The molecule has 20 heavy (non-hydrogen) atoms. The van der Waals surface area contributed by atoms with Crippen molar-refractivity contribution >= 4 is 5.97 Å². The molecule has 0 saturated carbocycles. The minimum Gasteiger partial charge on any atom is -0.476 e. The Morgan fingerprint density at radius 3 is 2.75 bits per heavy atom. The van der Waals surface area contributed by atoms with Gasteiger partial charge in [0.15, 0.2) is 5.82 Å². The zero-order valence-electron chi connectivity index (χ0n) is 11.8. The topological polar surface area (TPSA) is 85.8 Å². The second-order valence-corrected chi connectivity index (χ2v) is 4.74. The number of carboxylic acids is 1. The number of rotatable bonds is 7. The molecule has 2 aromatic rings. The van der Waals surface area contributed by atoms with Crippen LogP contribution in [0.25, 0.3) is 11.5 Å². The molecular formula is C13H19N5O2. The van der Waals surface area contributed by atoms with Gasteiger partial charge in [-0.3, -0.25) is 0 Å². The summed E-state index contributed by atoms with van der Waals surface area (Å²) < 4.78 is 3.41. The van der Waals surface area contributed by atoms with Crippen LogP contribution < -0.4 is 0 Å². The summed E-state index contributed by atoms with van der Waals surface area (Å²) in [7, 11) is 1.82. The summed E-state index contributed by atoms with van der Waals surface area (Å²) in [4.78, 5) is 15.5. The summed E-state index contributed by atoms with van der Waals surface area (Å²) in [6.07, 6.45) is 7.78. The molecule has 7 nitrogen and oxygen atoms in total. The van der Waals surface area contributed by atoms with Crippen LogP contribution in [0.5, 0.6) is 0 Å². The first-order valence-corrected chi connectivity index (χ1v) is 6.79. The Balaban J connectivity index is 2.29. The highest BCUT2D eigenvalue weighted by atomic mass is 16.4. The van der Waals surface area contributed by atoms with Crippen molar-refractivity contribution < 1.29 is 9.90 Å². The van der Waals surface area contributed by atoms with Crippen LogP contribution >= 0.6 is 0 Å². The molecule has 7 heteroatoms. The lowest BCUT2D eigenvalue weighted by Crippen LogP contribution is -2.08. The Morgan fingerprint density at radius 1 is 1.35 bits per heavy atom. The third-order valence-corrected chi connectivity index (χ3v) is 3.19. The lowest BCUT2D eigenvalue weighted by molar-refractivity contribution is 0.0691. The van der Waals surface area contributed by atoms with Gasteiger partial charge < -0.3 is 9.67 Å². The fraction of sp³-hybridized carbons (Fsp3) is 0.538. The summed E-state index contributed by atoms with van der Waals surface area (Å²) in [5.41, 5.74) is 0.427. The van der Waals surface area contributed by atoms with Crippen molar-refractivity contribution in [2.75, 3.05) is 0 Å². The highest BCUT2D eigenvalue weighted by Crippen LogP contribution is 2.20. The van der Waals surface area contributed by atoms with Gasteiger partial charge >= 0.3 is 5.97 Å². The van der Waals surface area contributed by atoms with Crippen molar-refractivity contribution in [2.45, 2.75) is 39.2 Å². The fourth-order valence-corrected chi connectivity index (χ4v) is 2.12. The second kappa shape index (κ2) is 6.31. The Kier molecular flexibility index (Phi) is 4.49. The molecule has 0 aliphatic heterocycles. The third-order valence-electron chi connectivity index (χ3n) is 3.19. The Morgan fingerprint density at radius 2 is 2.15 bits per heavy atom. The van der Waals surface area contributed by atoms with Crippen LogP contribution in [-0.2, 0) is 13.6 Å². The van der Waals surface area contributed by atoms with E-state index < -0.39 is 5.97 Å². The van der Waals surface area contributed by atoms with E-state index in [1.165, 1.54) is 0 Å². The predicted molar refractivity (Wildman–Crippen MR) is 73.3 cm³/mol. The van der Waals surface area contributed by atoms with Gasteiger partial charge in [0.1, 0.15) is 5.69 Å². The molecule has 1 N–H and O–H groups in total. The van der Waals surface area contributed by atoms with Crippen molar-refractivity contribution in [1.29, 1.82) is 0 Å². The quantitative estimate of drug-likeness (QED) is 0.782. The molecule has 0 aliphatic rings. The van der Waals surface area contributed by atoms with E-state index in [4.69, 9.17) is 0 Å². The van der Waals surface area contributed by atoms with Crippen molar-refractivity contribution in [3.8, 4) is 11.5 Å². The predicted octanol–water partition coefficient (Wildman–Crippen LogP) is 1.96. The van der Waals surface area contributed by atoms with Crippen molar-refractivity contribution in [3.05, 3.63) is 18.1 Å². The number of hydrogen-bond acceptors (Lipinski definition) is 4. The maximum absolute atomic E-state index is 11.3. The highest BCUT2D eigenvalue weighted by molar-refractivity contribution is 5.91. The molecule has 2 heterocycles. The van der Waals surface area contributed by atoms with E-state index >= 15 is 0 Å². The smallest absolute Gasteiger partial charge is 0.358 e. The van der Waals surface area contributed by atoms with E-state index in [1.54, 1.807) is 21.6 Å². The molecule has 0 saturated heterocycles. The number of carboxylic acid groups (broad SMARTS) is 1. The summed E-state index contributed by atoms with van der Waals surface area (Å²) >= 11 is 0. The molecule has 0 amide bonds. The number of unbranched alkanes of at least 4 members (excludes halogenated alkanes) is 3. The SMILES string of the molecule is CCCCCCn1nnc(C(=O)O)c1-c1nccn1C. The summed E-state index contributed by atoms with van der Waals surface area (Å²) in [5, 5.41) is 17.0. The average molecular weight is 277 g/mol. The highest BCUT2D eigenvalue weighted by Gasteiger charge is 2.23. The van der Waals surface area contributed by atoms with Crippen LogP contribution in [0, 0.1) is 0 Å².